The van der Waals surface area contributed by atoms with Crippen LogP contribution in [0.4, 0.5) is 0 Å². The maximum absolute atomic E-state index is 12.2. The number of pyridine rings is 1. The van der Waals surface area contributed by atoms with E-state index < -0.39 is 24.0 Å². The fourth-order valence-corrected chi connectivity index (χ4v) is 3.87. The normalized spacial score (nSPS) is 14.9. The smallest absolute Gasteiger partial charge is 0.326 e. The van der Waals surface area contributed by atoms with Gasteiger partial charge in [-0.3, -0.25) is 9.78 Å². The molecule has 1 heterocycles. The van der Waals surface area contributed by atoms with E-state index in [1.807, 2.05) is 0 Å². The number of carboxylic acids is 1. The van der Waals surface area contributed by atoms with E-state index in [4.69, 9.17) is 9.72 Å². The van der Waals surface area contributed by atoms with Gasteiger partial charge in [0.05, 0.1) is 0 Å². The van der Waals surface area contributed by atoms with Crippen LogP contribution in [0.15, 0.2) is 42.5 Å². The first-order valence-corrected chi connectivity index (χ1v) is 11.4. The topological polar surface area (TPSA) is 109 Å². The number of aliphatic carboxylic acids is 1. The Morgan fingerprint density at radius 2 is 1.81 bits per heavy atom. The van der Waals surface area contributed by atoms with Crippen molar-refractivity contribution in [3.05, 3.63) is 65.0 Å². The fraction of sp³-hybridized carbons (Fsp3) is 0.480. The molecule has 1 amide bonds. The zero-order valence-corrected chi connectivity index (χ0v) is 18.3. The number of unbranched alkanes of at least 4 members (excludes halogenated alkanes) is 1. The molecule has 0 fully saturated rings. The molecule has 7 heteroatoms. The van der Waals surface area contributed by atoms with Crippen LogP contribution in [0.2, 0.25) is 0 Å². The summed E-state index contributed by atoms with van der Waals surface area (Å²) in [4.78, 5) is 28.4. The number of aliphatic hydroxyl groups excluding tert-OH is 1. The first kappa shape index (κ1) is 23.9. The molecule has 2 atom stereocenters. The first-order chi connectivity index (χ1) is 15.5. The van der Waals surface area contributed by atoms with E-state index >= 15 is 0 Å². The number of aliphatic hydroxyl groups is 1. The lowest BCUT2D eigenvalue weighted by atomic mass is 9.95. The highest BCUT2D eigenvalue weighted by atomic mass is 16.5. The van der Waals surface area contributed by atoms with Crippen molar-refractivity contribution in [2.24, 2.45) is 0 Å². The molecule has 3 rings (SSSR count). The first-order valence-electron chi connectivity index (χ1n) is 11.4. The Balaban J connectivity index is 1.32. The highest BCUT2D eigenvalue weighted by Gasteiger charge is 2.24. The zero-order chi connectivity index (χ0) is 22.8. The summed E-state index contributed by atoms with van der Waals surface area (Å²) in [6.45, 7) is 0.744. The molecular weight excluding hydrogens is 408 g/mol. The van der Waals surface area contributed by atoms with Gasteiger partial charge in [0.25, 0.3) is 5.91 Å². The number of hydrogen-bond acceptors (Lipinski definition) is 5. The molecule has 0 saturated heterocycles. The second-order valence-electron chi connectivity index (χ2n) is 8.19. The predicted octanol–water partition coefficient (Wildman–Crippen LogP) is 2.99. The Morgan fingerprint density at radius 1 is 1.03 bits per heavy atom. The van der Waals surface area contributed by atoms with Crippen molar-refractivity contribution in [3.8, 4) is 0 Å². The summed E-state index contributed by atoms with van der Waals surface area (Å²) in [5, 5.41) is 21.9. The van der Waals surface area contributed by atoms with Gasteiger partial charge in [-0.15, -0.1) is 0 Å². The van der Waals surface area contributed by atoms with Crippen LogP contribution in [0.3, 0.4) is 0 Å². The minimum absolute atomic E-state index is 0.134. The zero-order valence-electron chi connectivity index (χ0n) is 18.3. The standard InChI is InChI=1S/C25H32N2O5/c28-23(19-9-2-1-3-10-19)24(29)27-22(25(30)31)15-17-32-16-7-6-11-20-14-13-18-8-4-5-12-21(18)26-20/h1-3,9-10,13-14,22-23,28H,4-8,11-12,15-17H2,(H,27,29)(H,30,31)/t22?,23-/m0/s1. The number of ether oxygens (including phenoxy) is 1. The molecule has 0 spiro atoms. The summed E-state index contributed by atoms with van der Waals surface area (Å²) in [6, 6.07) is 11.6. The van der Waals surface area contributed by atoms with Crippen LogP contribution in [-0.4, -0.2) is 46.3 Å². The number of fused-ring (bicyclic) bond motifs is 1. The van der Waals surface area contributed by atoms with Crippen LogP contribution < -0.4 is 5.32 Å². The highest BCUT2D eigenvalue weighted by Crippen LogP contribution is 2.20. The van der Waals surface area contributed by atoms with E-state index in [2.05, 4.69) is 17.4 Å². The summed E-state index contributed by atoms with van der Waals surface area (Å²) < 4.78 is 5.57. The van der Waals surface area contributed by atoms with Gasteiger partial charge in [0.15, 0.2) is 6.10 Å². The third-order valence-corrected chi connectivity index (χ3v) is 5.74. The Labute approximate surface area is 188 Å². The molecule has 172 valence electrons. The van der Waals surface area contributed by atoms with Crippen LogP contribution in [0.1, 0.15) is 60.7 Å². The third kappa shape index (κ3) is 7.14. The lowest BCUT2D eigenvalue weighted by molar-refractivity contribution is -0.144. The van der Waals surface area contributed by atoms with Gasteiger partial charge >= 0.3 is 5.97 Å². The Kier molecular flexibility index (Phi) is 9.19. The lowest BCUT2D eigenvalue weighted by Crippen LogP contribution is -2.43. The number of carbonyl (C=O) groups excluding carboxylic acids is 1. The maximum atomic E-state index is 12.2. The van der Waals surface area contributed by atoms with E-state index in [1.165, 1.54) is 24.1 Å². The molecule has 7 nitrogen and oxygen atoms in total. The van der Waals surface area contributed by atoms with E-state index in [9.17, 15) is 19.8 Å². The summed E-state index contributed by atoms with van der Waals surface area (Å²) in [5.41, 5.74) is 4.18. The van der Waals surface area contributed by atoms with Gasteiger partial charge in [-0.05, 0) is 62.1 Å². The van der Waals surface area contributed by atoms with Gasteiger partial charge < -0.3 is 20.3 Å². The Bertz CT molecular complexity index is 887. The minimum atomic E-state index is -1.41. The van der Waals surface area contributed by atoms with Gasteiger partial charge in [0.2, 0.25) is 0 Å². The molecule has 0 bridgehead atoms. The van der Waals surface area contributed by atoms with E-state index in [0.717, 1.165) is 37.8 Å². The number of benzene rings is 1. The molecule has 0 radical (unpaired) electrons. The monoisotopic (exact) mass is 440 g/mol. The number of hydrogen-bond donors (Lipinski definition) is 3. The van der Waals surface area contributed by atoms with E-state index in [0.29, 0.717) is 12.2 Å². The number of nitrogens with one attached hydrogen (secondary N) is 1. The molecule has 1 aliphatic carbocycles. The average molecular weight is 441 g/mol. The maximum Gasteiger partial charge on any atom is 0.326 e. The Hall–Kier alpha value is -2.77. The Morgan fingerprint density at radius 3 is 2.59 bits per heavy atom. The predicted molar refractivity (Wildman–Crippen MR) is 120 cm³/mol. The van der Waals surface area contributed by atoms with Gasteiger partial charge in [-0.2, -0.15) is 0 Å². The minimum Gasteiger partial charge on any atom is -0.480 e. The molecule has 3 N–H and O–H groups in total. The van der Waals surface area contributed by atoms with Crippen LogP contribution >= 0.6 is 0 Å². The average Bonchev–Trinajstić information content (AvgIpc) is 2.82. The fourth-order valence-electron chi connectivity index (χ4n) is 3.87. The third-order valence-electron chi connectivity index (χ3n) is 5.74. The molecule has 1 aliphatic rings. The van der Waals surface area contributed by atoms with Crippen molar-refractivity contribution in [1.82, 2.24) is 10.3 Å². The number of aromatic nitrogens is 1. The van der Waals surface area contributed by atoms with Gasteiger partial charge in [-0.1, -0.05) is 36.4 Å². The number of carboxylic acid groups (broad SMARTS) is 1. The number of nitrogens with zero attached hydrogens (tertiary/aromatic N) is 1. The number of carbonyl (C=O) groups is 2. The molecule has 1 unspecified atom stereocenters. The van der Waals surface area contributed by atoms with Crippen LogP contribution in [-0.2, 0) is 33.6 Å². The molecular formula is C25H32N2O5. The van der Waals surface area contributed by atoms with Crippen molar-refractivity contribution in [1.29, 1.82) is 0 Å². The number of rotatable bonds is 12. The SMILES string of the molecule is O=C(O)C(CCOCCCCc1ccc2c(n1)CCCC2)NC(=O)[C@@H](O)c1ccccc1. The summed E-state index contributed by atoms with van der Waals surface area (Å²) in [5.74, 6) is -1.89. The molecule has 1 aromatic carbocycles. The van der Waals surface area contributed by atoms with Crippen LogP contribution in [0, 0.1) is 0 Å². The second kappa shape index (κ2) is 12.3. The summed E-state index contributed by atoms with van der Waals surface area (Å²) in [6.07, 6.45) is 6.14. The molecule has 2 aromatic rings. The van der Waals surface area contributed by atoms with Gasteiger partial charge in [-0.25, -0.2) is 4.79 Å². The molecule has 0 saturated carbocycles. The van der Waals surface area contributed by atoms with Gasteiger partial charge in [0.1, 0.15) is 6.04 Å². The van der Waals surface area contributed by atoms with E-state index in [1.54, 1.807) is 30.3 Å². The van der Waals surface area contributed by atoms with Gasteiger partial charge in [0, 0.05) is 31.0 Å². The largest absolute Gasteiger partial charge is 0.480 e. The van der Waals surface area contributed by atoms with Crippen molar-refractivity contribution >= 4 is 11.9 Å². The number of aryl methyl sites for hydroxylation is 3. The molecule has 32 heavy (non-hydrogen) atoms. The van der Waals surface area contributed by atoms with Crippen molar-refractivity contribution in [2.75, 3.05) is 13.2 Å². The highest BCUT2D eigenvalue weighted by molar-refractivity contribution is 5.86. The van der Waals surface area contributed by atoms with Crippen LogP contribution in [0.5, 0.6) is 0 Å². The van der Waals surface area contributed by atoms with Crippen molar-refractivity contribution < 1.29 is 24.5 Å². The molecule has 0 aliphatic heterocycles. The van der Waals surface area contributed by atoms with Crippen molar-refractivity contribution in [3.63, 3.8) is 0 Å². The van der Waals surface area contributed by atoms with Crippen LogP contribution in [0.25, 0.3) is 0 Å². The van der Waals surface area contributed by atoms with E-state index in [-0.39, 0.29) is 13.0 Å². The quantitative estimate of drug-likeness (QED) is 0.438. The molecule has 1 aromatic heterocycles. The second-order valence-corrected chi connectivity index (χ2v) is 8.19. The lowest BCUT2D eigenvalue weighted by Gasteiger charge is -2.17. The number of amides is 1. The van der Waals surface area contributed by atoms with Crippen molar-refractivity contribution in [2.45, 2.75) is 63.5 Å². The summed E-state index contributed by atoms with van der Waals surface area (Å²) >= 11 is 0. The summed E-state index contributed by atoms with van der Waals surface area (Å²) in [7, 11) is 0.